The molecule has 0 amide bonds. The Morgan fingerprint density at radius 2 is 1.88 bits per heavy atom. The van der Waals surface area contributed by atoms with E-state index >= 15 is 0 Å². The van der Waals surface area contributed by atoms with E-state index in [0.29, 0.717) is 11.3 Å². The average Bonchev–Trinajstić information content (AvgIpc) is 2.70. The summed E-state index contributed by atoms with van der Waals surface area (Å²) in [5, 5.41) is 9.44. The minimum absolute atomic E-state index is 0.155. The zero-order valence-corrected chi connectivity index (χ0v) is 16.3. The number of methoxy groups -OCH3 is 1. The Hall–Kier alpha value is -2.18. The molecule has 6 heteroatoms. The first-order chi connectivity index (χ1) is 12.7. The summed E-state index contributed by atoms with van der Waals surface area (Å²) in [4.78, 5) is 16.4. The number of carbonyl (C=O) groups is 1. The van der Waals surface area contributed by atoms with E-state index in [0.717, 1.165) is 17.5 Å². The van der Waals surface area contributed by atoms with Crippen molar-refractivity contribution in [1.82, 2.24) is 0 Å². The molecule has 26 heavy (non-hydrogen) atoms. The first kappa shape index (κ1) is 20.1. The highest BCUT2D eigenvalue weighted by atomic mass is 32.2. The zero-order valence-electron chi connectivity index (χ0n) is 14.7. The maximum Gasteiger partial charge on any atom is 0.341 e. The van der Waals surface area contributed by atoms with E-state index in [4.69, 9.17) is 4.74 Å². The topological polar surface area (TPSA) is 58.9 Å². The van der Waals surface area contributed by atoms with Gasteiger partial charge in [0.05, 0.1) is 23.6 Å². The number of hydrogen-bond acceptors (Lipinski definition) is 6. The van der Waals surface area contributed by atoms with Gasteiger partial charge in [-0.1, -0.05) is 42.5 Å². The summed E-state index contributed by atoms with van der Waals surface area (Å²) in [5.74, 6) is 0.119. The van der Waals surface area contributed by atoms with Crippen molar-refractivity contribution in [2.45, 2.75) is 10.3 Å². The molecular formula is C20H21NO3S2. The molecule has 4 nitrogen and oxygen atoms in total. The van der Waals surface area contributed by atoms with Gasteiger partial charge < -0.3 is 9.84 Å². The number of nitrogens with zero attached hydrogens (tertiary/aromatic N) is 1. The van der Waals surface area contributed by atoms with Gasteiger partial charge in [0.2, 0.25) is 0 Å². The Morgan fingerprint density at radius 3 is 2.54 bits per heavy atom. The number of aliphatic hydroxyl groups excluding tert-OH is 1. The number of carbonyl (C=O) groups excluding carboxylic acids is 1. The molecule has 2 aromatic carbocycles. The molecule has 0 fully saturated rings. The summed E-state index contributed by atoms with van der Waals surface area (Å²) in [6.45, 7) is 0. The van der Waals surface area contributed by atoms with E-state index < -0.39 is 5.97 Å². The summed E-state index contributed by atoms with van der Waals surface area (Å²) >= 11 is 3.41. The van der Waals surface area contributed by atoms with Gasteiger partial charge in [-0.05, 0) is 29.5 Å². The largest absolute Gasteiger partial charge is 0.515 e. The minimum Gasteiger partial charge on any atom is -0.515 e. The molecule has 0 aliphatic carbocycles. The van der Waals surface area contributed by atoms with Crippen LogP contribution in [0, 0.1) is 0 Å². The van der Waals surface area contributed by atoms with Gasteiger partial charge in [0.1, 0.15) is 5.57 Å². The van der Waals surface area contributed by atoms with Crippen LogP contribution in [0.5, 0.6) is 0 Å². The molecule has 0 radical (unpaired) electrons. The quantitative estimate of drug-likeness (QED) is 0.225. The second-order valence-corrected chi connectivity index (χ2v) is 7.63. The molecule has 0 aromatic heterocycles. The minimum atomic E-state index is -0.558. The van der Waals surface area contributed by atoms with Gasteiger partial charge in [-0.25, -0.2) is 4.79 Å². The summed E-state index contributed by atoms with van der Waals surface area (Å²) in [6, 6.07) is 17.3. The molecule has 0 heterocycles. The number of benzene rings is 2. The third-order valence-corrected chi connectivity index (χ3v) is 6.08. The van der Waals surface area contributed by atoms with Crippen molar-refractivity contribution >= 4 is 47.0 Å². The van der Waals surface area contributed by atoms with E-state index in [1.807, 2.05) is 61.0 Å². The van der Waals surface area contributed by atoms with Gasteiger partial charge in [0, 0.05) is 12.0 Å². The van der Waals surface area contributed by atoms with Gasteiger partial charge in [0.25, 0.3) is 0 Å². The lowest BCUT2D eigenvalue weighted by Gasteiger charge is -2.13. The second-order valence-electron chi connectivity index (χ2n) is 5.22. The van der Waals surface area contributed by atoms with E-state index in [1.165, 1.54) is 7.11 Å². The Kier molecular flexibility index (Phi) is 8.31. The fourth-order valence-corrected chi connectivity index (χ4v) is 3.93. The van der Waals surface area contributed by atoms with Crippen LogP contribution in [0.15, 0.2) is 65.9 Å². The molecule has 136 valence electrons. The van der Waals surface area contributed by atoms with E-state index in [-0.39, 0.29) is 10.2 Å². The standard InChI is InChI=1S/C20H21NO3S2/c1-24-20(23)18(13-22)17-11-7-6-8-15(17)14-26-19(25-2)12-21-16-9-4-3-5-10-16/h3-13,19,22H,14H2,1-2H3. The van der Waals surface area contributed by atoms with Crippen LogP contribution < -0.4 is 0 Å². The molecule has 0 aliphatic heterocycles. The van der Waals surface area contributed by atoms with Gasteiger partial charge in [0.15, 0.2) is 0 Å². The van der Waals surface area contributed by atoms with Crippen LogP contribution in [-0.2, 0) is 15.3 Å². The molecule has 0 spiro atoms. The second kappa shape index (κ2) is 10.7. The summed E-state index contributed by atoms with van der Waals surface area (Å²) < 4.78 is 4.92. The number of thioether (sulfide) groups is 2. The van der Waals surface area contributed by atoms with Crippen molar-refractivity contribution in [2.24, 2.45) is 4.99 Å². The van der Waals surface area contributed by atoms with Crippen molar-refractivity contribution in [2.75, 3.05) is 13.4 Å². The normalized spacial score (nSPS) is 12.9. The smallest absolute Gasteiger partial charge is 0.341 e. The molecule has 0 saturated heterocycles. The van der Waals surface area contributed by atoms with Crippen LogP contribution in [0.3, 0.4) is 0 Å². The maximum atomic E-state index is 11.9. The third-order valence-electron chi connectivity index (χ3n) is 3.58. The first-order valence-corrected chi connectivity index (χ1v) is 10.3. The highest BCUT2D eigenvalue weighted by Crippen LogP contribution is 2.29. The maximum absolute atomic E-state index is 11.9. The van der Waals surface area contributed by atoms with E-state index in [1.54, 1.807) is 29.6 Å². The highest BCUT2D eigenvalue weighted by molar-refractivity contribution is 8.17. The van der Waals surface area contributed by atoms with E-state index in [9.17, 15) is 9.90 Å². The first-order valence-electron chi connectivity index (χ1n) is 7.94. The lowest BCUT2D eigenvalue weighted by atomic mass is 10.0. The van der Waals surface area contributed by atoms with Crippen molar-refractivity contribution in [3.05, 3.63) is 72.0 Å². The lowest BCUT2D eigenvalue weighted by molar-refractivity contribution is -0.133. The monoisotopic (exact) mass is 387 g/mol. The number of ether oxygens (including phenoxy) is 1. The zero-order chi connectivity index (χ0) is 18.8. The van der Waals surface area contributed by atoms with Gasteiger partial charge in [-0.2, -0.15) is 0 Å². The lowest BCUT2D eigenvalue weighted by Crippen LogP contribution is -2.07. The van der Waals surface area contributed by atoms with Gasteiger partial charge in [-0.15, -0.1) is 23.5 Å². The third kappa shape index (κ3) is 5.68. The highest BCUT2D eigenvalue weighted by Gasteiger charge is 2.17. The summed E-state index contributed by atoms with van der Waals surface area (Å²) in [5.41, 5.74) is 2.70. The predicted molar refractivity (Wildman–Crippen MR) is 112 cm³/mol. The van der Waals surface area contributed by atoms with Crippen LogP contribution in [0.25, 0.3) is 5.57 Å². The number of para-hydroxylation sites is 1. The molecule has 0 saturated carbocycles. The predicted octanol–water partition coefficient (Wildman–Crippen LogP) is 5.08. The van der Waals surface area contributed by atoms with Crippen LogP contribution in [0.4, 0.5) is 5.69 Å². The van der Waals surface area contributed by atoms with Crippen molar-refractivity contribution in [1.29, 1.82) is 0 Å². The molecule has 1 atom stereocenters. The summed E-state index contributed by atoms with van der Waals surface area (Å²) in [6.07, 6.45) is 4.77. The molecular weight excluding hydrogens is 366 g/mol. The molecule has 2 aromatic rings. The van der Waals surface area contributed by atoms with Crippen LogP contribution in [0.1, 0.15) is 11.1 Å². The molecule has 1 N–H and O–H groups in total. The molecule has 1 unspecified atom stereocenters. The Bertz CT molecular complexity index is 776. The fourth-order valence-electron chi connectivity index (χ4n) is 2.26. The van der Waals surface area contributed by atoms with Crippen molar-refractivity contribution < 1.29 is 14.6 Å². The van der Waals surface area contributed by atoms with Crippen molar-refractivity contribution in [3.63, 3.8) is 0 Å². The Balaban J connectivity index is 2.11. The van der Waals surface area contributed by atoms with Crippen molar-refractivity contribution in [3.8, 4) is 0 Å². The van der Waals surface area contributed by atoms with Crippen LogP contribution in [-0.4, -0.2) is 35.2 Å². The molecule has 2 rings (SSSR count). The Labute approximate surface area is 162 Å². The number of esters is 1. The Morgan fingerprint density at radius 1 is 1.19 bits per heavy atom. The SMILES string of the molecule is COC(=O)C(=CO)c1ccccc1CSC(C=Nc1ccccc1)SC. The average molecular weight is 388 g/mol. The van der Waals surface area contributed by atoms with Crippen LogP contribution in [0.2, 0.25) is 0 Å². The number of aliphatic hydroxyl groups is 1. The molecule has 0 aliphatic rings. The van der Waals surface area contributed by atoms with Gasteiger partial charge in [-0.3, -0.25) is 4.99 Å². The fraction of sp³-hybridized carbons (Fsp3) is 0.200. The van der Waals surface area contributed by atoms with Gasteiger partial charge >= 0.3 is 5.97 Å². The van der Waals surface area contributed by atoms with Crippen LogP contribution >= 0.6 is 23.5 Å². The summed E-state index contributed by atoms with van der Waals surface area (Å²) in [7, 11) is 1.30. The number of aliphatic imine (C=N–C) groups is 1. The van der Waals surface area contributed by atoms with E-state index in [2.05, 4.69) is 4.99 Å². The molecule has 0 bridgehead atoms. The number of rotatable bonds is 8. The number of hydrogen-bond donors (Lipinski definition) is 1.